The highest BCUT2D eigenvalue weighted by Crippen LogP contribution is 2.34. The van der Waals surface area contributed by atoms with Gasteiger partial charge in [0.15, 0.2) is 16.6 Å². The average Bonchev–Trinajstić information content (AvgIpc) is 3.25. The highest BCUT2D eigenvalue weighted by molar-refractivity contribution is 7.80. The molecule has 0 atom stereocenters. The summed E-state index contributed by atoms with van der Waals surface area (Å²) in [5.41, 5.74) is 7.08. The van der Waals surface area contributed by atoms with E-state index < -0.39 is 0 Å². The predicted molar refractivity (Wildman–Crippen MR) is 114 cm³/mol. The van der Waals surface area contributed by atoms with Crippen LogP contribution in [0.25, 0.3) is 5.69 Å². The van der Waals surface area contributed by atoms with Crippen molar-refractivity contribution in [1.29, 1.82) is 0 Å². The van der Waals surface area contributed by atoms with Gasteiger partial charge in [0.1, 0.15) is 0 Å². The summed E-state index contributed by atoms with van der Waals surface area (Å²) in [4.78, 5) is 0. The molecule has 0 bridgehead atoms. The van der Waals surface area contributed by atoms with Crippen molar-refractivity contribution >= 4 is 23.5 Å². The van der Waals surface area contributed by atoms with Crippen LogP contribution in [0.2, 0.25) is 0 Å². The highest BCUT2D eigenvalue weighted by atomic mass is 32.1. The fraction of sp³-hybridized carbons (Fsp3) is 0.400. The summed E-state index contributed by atoms with van der Waals surface area (Å²) in [6.45, 7) is 8.58. The third-order valence-electron chi connectivity index (χ3n) is 4.41. The number of thiocarbonyl (C=S) groups is 1. The van der Waals surface area contributed by atoms with Crippen LogP contribution < -0.4 is 20.2 Å². The maximum absolute atomic E-state index is 5.49. The molecule has 0 saturated carbocycles. The number of ether oxygens (including phenoxy) is 3. The molecule has 2 aromatic rings. The van der Waals surface area contributed by atoms with Crippen molar-refractivity contribution in [2.45, 2.75) is 27.2 Å². The Bertz CT molecular complexity index is 863. The Morgan fingerprint density at radius 3 is 2.93 bits per heavy atom. The summed E-state index contributed by atoms with van der Waals surface area (Å²) >= 11 is 5.23. The van der Waals surface area contributed by atoms with E-state index in [0.717, 1.165) is 60.3 Å². The van der Waals surface area contributed by atoms with Crippen LogP contribution >= 0.6 is 12.2 Å². The van der Waals surface area contributed by atoms with E-state index in [2.05, 4.69) is 40.3 Å². The molecular formula is C20H26N4O3S. The normalized spacial score (nSPS) is 12.5. The minimum absolute atomic E-state index is 0.269. The van der Waals surface area contributed by atoms with Crippen LogP contribution in [0.5, 0.6) is 11.5 Å². The molecule has 8 heteroatoms. The Hall–Kier alpha value is -2.58. The molecule has 0 unspecified atom stereocenters. The number of hydrogen-bond acceptors (Lipinski definition) is 5. The fourth-order valence-corrected chi connectivity index (χ4v) is 3.22. The number of nitrogens with one attached hydrogen (secondary N) is 2. The van der Waals surface area contributed by atoms with Crippen LogP contribution in [-0.4, -0.2) is 42.4 Å². The topological polar surface area (TPSA) is 69.0 Å². The SMILES string of the molecule is CCOCCCNC(=S)N/N=C\c1cc(C)n(-c2ccc3c(c2)OCO3)c1C. The van der Waals surface area contributed by atoms with Crippen LogP contribution in [0.4, 0.5) is 0 Å². The van der Waals surface area contributed by atoms with Crippen molar-refractivity contribution in [2.24, 2.45) is 5.10 Å². The van der Waals surface area contributed by atoms with E-state index in [9.17, 15) is 0 Å². The van der Waals surface area contributed by atoms with E-state index >= 15 is 0 Å². The Morgan fingerprint density at radius 2 is 2.11 bits per heavy atom. The maximum atomic E-state index is 5.49. The molecule has 1 aromatic carbocycles. The van der Waals surface area contributed by atoms with Gasteiger partial charge in [-0.05, 0) is 57.6 Å². The molecular weight excluding hydrogens is 376 g/mol. The number of aromatic nitrogens is 1. The number of aryl methyl sites for hydroxylation is 1. The van der Waals surface area contributed by atoms with E-state index in [1.165, 1.54) is 0 Å². The van der Waals surface area contributed by atoms with Crippen molar-refractivity contribution in [3.05, 3.63) is 41.2 Å². The van der Waals surface area contributed by atoms with Crippen LogP contribution in [0.1, 0.15) is 30.3 Å². The lowest BCUT2D eigenvalue weighted by molar-refractivity contribution is 0.145. The van der Waals surface area contributed by atoms with Gasteiger partial charge in [0, 0.05) is 48.5 Å². The van der Waals surface area contributed by atoms with Gasteiger partial charge in [-0.15, -0.1) is 0 Å². The second kappa shape index (κ2) is 9.57. The molecule has 0 aliphatic carbocycles. The van der Waals surface area contributed by atoms with E-state index in [1.807, 2.05) is 25.1 Å². The summed E-state index contributed by atoms with van der Waals surface area (Å²) in [6.07, 6.45) is 2.68. The second-order valence-electron chi connectivity index (χ2n) is 6.38. The molecule has 28 heavy (non-hydrogen) atoms. The molecule has 7 nitrogen and oxygen atoms in total. The van der Waals surface area contributed by atoms with Crippen molar-refractivity contribution in [2.75, 3.05) is 26.6 Å². The summed E-state index contributed by atoms with van der Waals surface area (Å²) in [5, 5.41) is 7.86. The molecule has 3 rings (SSSR count). The summed E-state index contributed by atoms with van der Waals surface area (Å²) in [5.74, 6) is 1.54. The van der Waals surface area contributed by atoms with Crippen molar-refractivity contribution in [3.8, 4) is 17.2 Å². The van der Waals surface area contributed by atoms with Crippen LogP contribution in [-0.2, 0) is 4.74 Å². The standard InChI is InChI=1S/C20H26N4O3S/c1-4-25-9-5-8-21-20(28)23-22-12-16-10-14(2)24(15(16)3)17-6-7-18-19(11-17)27-13-26-18/h6-7,10-12H,4-5,8-9,13H2,1-3H3,(H2,21,23,28)/b22-12-. The summed E-state index contributed by atoms with van der Waals surface area (Å²) in [7, 11) is 0. The van der Waals surface area contributed by atoms with Gasteiger partial charge in [-0.3, -0.25) is 5.43 Å². The molecule has 0 amide bonds. The minimum Gasteiger partial charge on any atom is -0.454 e. The average molecular weight is 403 g/mol. The van der Waals surface area contributed by atoms with Gasteiger partial charge < -0.3 is 24.1 Å². The number of hydrogen-bond donors (Lipinski definition) is 2. The third-order valence-corrected chi connectivity index (χ3v) is 4.65. The molecule has 1 aliphatic heterocycles. The lowest BCUT2D eigenvalue weighted by atomic mass is 10.2. The van der Waals surface area contributed by atoms with Gasteiger partial charge in [0.05, 0.1) is 6.21 Å². The van der Waals surface area contributed by atoms with Gasteiger partial charge in [-0.2, -0.15) is 5.10 Å². The first-order valence-corrected chi connectivity index (χ1v) is 9.74. The van der Waals surface area contributed by atoms with E-state index in [1.54, 1.807) is 6.21 Å². The predicted octanol–water partition coefficient (Wildman–Crippen LogP) is 3.05. The first-order chi connectivity index (χ1) is 13.6. The molecule has 1 aromatic heterocycles. The number of fused-ring (bicyclic) bond motifs is 1. The van der Waals surface area contributed by atoms with E-state index in [0.29, 0.717) is 5.11 Å². The zero-order valence-electron chi connectivity index (χ0n) is 16.4. The fourth-order valence-electron chi connectivity index (χ4n) is 3.06. The zero-order chi connectivity index (χ0) is 19.9. The first-order valence-electron chi connectivity index (χ1n) is 9.33. The van der Waals surface area contributed by atoms with Gasteiger partial charge in [-0.25, -0.2) is 0 Å². The molecule has 2 heterocycles. The number of nitrogens with zero attached hydrogens (tertiary/aromatic N) is 2. The Balaban J connectivity index is 1.61. The molecule has 0 spiro atoms. The van der Waals surface area contributed by atoms with Crippen LogP contribution in [0, 0.1) is 13.8 Å². The van der Waals surface area contributed by atoms with Crippen molar-refractivity contribution in [1.82, 2.24) is 15.3 Å². The Morgan fingerprint density at radius 1 is 1.29 bits per heavy atom. The second-order valence-corrected chi connectivity index (χ2v) is 6.78. The first kappa shape index (κ1) is 20.2. The molecule has 150 valence electrons. The molecule has 2 N–H and O–H groups in total. The smallest absolute Gasteiger partial charge is 0.231 e. The molecule has 1 aliphatic rings. The Labute approximate surface area is 170 Å². The monoisotopic (exact) mass is 402 g/mol. The van der Waals surface area contributed by atoms with E-state index in [4.69, 9.17) is 26.4 Å². The van der Waals surface area contributed by atoms with Crippen LogP contribution in [0.15, 0.2) is 29.4 Å². The van der Waals surface area contributed by atoms with Gasteiger partial charge in [0.25, 0.3) is 0 Å². The summed E-state index contributed by atoms with van der Waals surface area (Å²) in [6, 6.07) is 8.03. The largest absolute Gasteiger partial charge is 0.454 e. The van der Waals surface area contributed by atoms with Crippen molar-refractivity contribution < 1.29 is 14.2 Å². The lowest BCUT2D eigenvalue weighted by Gasteiger charge is -2.10. The number of hydrazone groups is 1. The van der Waals surface area contributed by atoms with Gasteiger partial charge >= 0.3 is 0 Å². The third kappa shape index (κ3) is 4.82. The molecule has 0 fully saturated rings. The van der Waals surface area contributed by atoms with Crippen LogP contribution in [0.3, 0.4) is 0 Å². The number of benzene rings is 1. The quantitative estimate of drug-likeness (QED) is 0.306. The molecule has 0 radical (unpaired) electrons. The minimum atomic E-state index is 0.269. The Kier molecular flexibility index (Phi) is 6.89. The molecule has 0 saturated heterocycles. The summed E-state index contributed by atoms with van der Waals surface area (Å²) < 4.78 is 18.3. The van der Waals surface area contributed by atoms with E-state index in [-0.39, 0.29) is 6.79 Å². The lowest BCUT2D eigenvalue weighted by Crippen LogP contribution is -2.33. The van der Waals surface area contributed by atoms with Gasteiger partial charge in [0.2, 0.25) is 6.79 Å². The highest BCUT2D eigenvalue weighted by Gasteiger charge is 2.16. The zero-order valence-corrected chi connectivity index (χ0v) is 17.3. The number of rotatable bonds is 8. The maximum Gasteiger partial charge on any atom is 0.231 e. The van der Waals surface area contributed by atoms with Gasteiger partial charge in [-0.1, -0.05) is 0 Å². The van der Waals surface area contributed by atoms with Crippen molar-refractivity contribution in [3.63, 3.8) is 0 Å².